The van der Waals surface area contributed by atoms with Crippen molar-refractivity contribution < 1.29 is 9.32 Å². The molecular formula is C12H11ClN2O2. The van der Waals surface area contributed by atoms with Gasteiger partial charge in [0.15, 0.2) is 0 Å². The fraction of sp³-hybridized carbons (Fsp3) is 0.167. The van der Waals surface area contributed by atoms with E-state index in [9.17, 15) is 4.79 Å². The molecule has 2 aromatic rings. The monoisotopic (exact) mass is 250 g/mol. The first-order chi connectivity index (χ1) is 8.13. The zero-order chi connectivity index (χ0) is 12.4. The molecule has 0 saturated heterocycles. The molecule has 1 N–H and O–H groups in total. The number of hydrogen-bond acceptors (Lipinski definition) is 3. The van der Waals surface area contributed by atoms with Gasteiger partial charge in [-0.15, -0.1) is 0 Å². The first-order valence-electron chi connectivity index (χ1n) is 5.07. The highest BCUT2D eigenvalue weighted by molar-refractivity contribution is 6.30. The summed E-state index contributed by atoms with van der Waals surface area (Å²) in [7, 11) is 1.57. The Balaban J connectivity index is 2.52. The van der Waals surface area contributed by atoms with E-state index in [0.717, 1.165) is 5.56 Å². The molecule has 0 aliphatic rings. The second kappa shape index (κ2) is 4.59. The van der Waals surface area contributed by atoms with Crippen LogP contribution in [0.2, 0.25) is 5.02 Å². The molecule has 1 aromatic carbocycles. The van der Waals surface area contributed by atoms with Crippen LogP contribution in [0.1, 0.15) is 16.1 Å². The van der Waals surface area contributed by atoms with Gasteiger partial charge in [-0.2, -0.15) is 0 Å². The van der Waals surface area contributed by atoms with Gasteiger partial charge >= 0.3 is 0 Å². The van der Waals surface area contributed by atoms with Gasteiger partial charge in [0.1, 0.15) is 17.0 Å². The van der Waals surface area contributed by atoms with E-state index in [1.54, 1.807) is 38.2 Å². The highest BCUT2D eigenvalue weighted by Gasteiger charge is 2.20. The molecule has 0 unspecified atom stereocenters. The molecule has 0 radical (unpaired) electrons. The van der Waals surface area contributed by atoms with E-state index in [1.165, 1.54) is 0 Å². The second-order valence-corrected chi connectivity index (χ2v) is 3.98. The molecule has 0 fully saturated rings. The Morgan fingerprint density at radius 2 is 2.00 bits per heavy atom. The van der Waals surface area contributed by atoms with E-state index in [1.807, 2.05) is 0 Å². The van der Waals surface area contributed by atoms with Crippen LogP contribution in [0.5, 0.6) is 0 Å². The third-order valence-electron chi connectivity index (χ3n) is 2.43. The first kappa shape index (κ1) is 11.7. The zero-order valence-electron chi connectivity index (χ0n) is 9.45. The number of aryl methyl sites for hydroxylation is 1. The van der Waals surface area contributed by atoms with E-state index in [0.29, 0.717) is 22.0 Å². The van der Waals surface area contributed by atoms with Crippen LogP contribution < -0.4 is 5.32 Å². The van der Waals surface area contributed by atoms with Crippen LogP contribution in [0.15, 0.2) is 28.8 Å². The maximum Gasteiger partial charge on any atom is 0.256 e. The van der Waals surface area contributed by atoms with E-state index < -0.39 is 0 Å². The molecule has 0 spiro atoms. The van der Waals surface area contributed by atoms with Crippen molar-refractivity contribution in [1.82, 2.24) is 10.5 Å². The molecule has 1 aromatic heterocycles. The predicted octanol–water partition coefficient (Wildman–Crippen LogP) is 2.66. The number of hydrogen-bond donors (Lipinski definition) is 1. The second-order valence-electron chi connectivity index (χ2n) is 3.55. The standard InChI is InChI=1S/C12H11ClN2O2/c1-7-10(12(16)14-2)11(15-17-7)8-3-5-9(13)6-4-8/h3-6H,1-2H3,(H,14,16). The maximum absolute atomic E-state index is 11.7. The minimum absolute atomic E-state index is 0.214. The van der Waals surface area contributed by atoms with Crippen molar-refractivity contribution in [2.24, 2.45) is 0 Å². The molecule has 1 amide bonds. The molecule has 1 heterocycles. The van der Waals surface area contributed by atoms with Gasteiger partial charge < -0.3 is 9.84 Å². The van der Waals surface area contributed by atoms with Crippen molar-refractivity contribution in [1.29, 1.82) is 0 Å². The van der Waals surface area contributed by atoms with Gasteiger partial charge in [0.25, 0.3) is 5.91 Å². The molecule has 0 bridgehead atoms. The van der Waals surface area contributed by atoms with Crippen LogP contribution in [0.3, 0.4) is 0 Å². The number of benzene rings is 1. The lowest BCUT2D eigenvalue weighted by atomic mass is 10.1. The van der Waals surface area contributed by atoms with Crippen LogP contribution in [0.25, 0.3) is 11.3 Å². The Hall–Kier alpha value is -1.81. The molecule has 0 atom stereocenters. The van der Waals surface area contributed by atoms with Gasteiger partial charge in [-0.1, -0.05) is 28.9 Å². The fourth-order valence-corrected chi connectivity index (χ4v) is 1.70. The lowest BCUT2D eigenvalue weighted by Crippen LogP contribution is -2.18. The van der Waals surface area contributed by atoms with Crippen molar-refractivity contribution in [3.63, 3.8) is 0 Å². The third-order valence-corrected chi connectivity index (χ3v) is 2.69. The average molecular weight is 251 g/mol. The summed E-state index contributed by atoms with van der Waals surface area (Å²) in [5.74, 6) is 0.281. The smallest absolute Gasteiger partial charge is 0.256 e. The highest BCUT2D eigenvalue weighted by Crippen LogP contribution is 2.26. The van der Waals surface area contributed by atoms with Crippen LogP contribution in [-0.4, -0.2) is 18.1 Å². The Labute approximate surface area is 104 Å². The summed E-state index contributed by atoms with van der Waals surface area (Å²) in [4.78, 5) is 11.7. The molecule has 88 valence electrons. The summed E-state index contributed by atoms with van der Waals surface area (Å²) in [6.07, 6.45) is 0. The van der Waals surface area contributed by atoms with E-state index in [2.05, 4.69) is 10.5 Å². The van der Waals surface area contributed by atoms with Crippen LogP contribution in [0, 0.1) is 6.92 Å². The van der Waals surface area contributed by atoms with E-state index >= 15 is 0 Å². The summed E-state index contributed by atoms with van der Waals surface area (Å²) in [6.45, 7) is 1.71. The van der Waals surface area contributed by atoms with Crippen molar-refractivity contribution >= 4 is 17.5 Å². The lowest BCUT2D eigenvalue weighted by Gasteiger charge is -2.01. The average Bonchev–Trinajstić information content (AvgIpc) is 2.71. The number of nitrogens with zero attached hydrogens (tertiary/aromatic N) is 1. The minimum atomic E-state index is -0.214. The van der Waals surface area contributed by atoms with E-state index in [4.69, 9.17) is 16.1 Å². The molecule has 0 saturated carbocycles. The highest BCUT2D eigenvalue weighted by atomic mass is 35.5. The summed E-state index contributed by atoms with van der Waals surface area (Å²) in [5, 5.41) is 7.11. The van der Waals surface area contributed by atoms with Gasteiger partial charge in [-0.25, -0.2) is 0 Å². The largest absolute Gasteiger partial charge is 0.360 e. The first-order valence-corrected chi connectivity index (χ1v) is 5.45. The topological polar surface area (TPSA) is 55.1 Å². The SMILES string of the molecule is CNC(=O)c1c(-c2ccc(Cl)cc2)noc1C. The Morgan fingerprint density at radius 3 is 2.59 bits per heavy atom. The van der Waals surface area contributed by atoms with Crippen molar-refractivity contribution in [3.8, 4) is 11.3 Å². The number of carbonyl (C=O) groups excluding carboxylic acids is 1. The number of aromatic nitrogens is 1. The number of carbonyl (C=O) groups is 1. The molecule has 17 heavy (non-hydrogen) atoms. The third kappa shape index (κ3) is 2.17. The normalized spacial score (nSPS) is 10.3. The zero-order valence-corrected chi connectivity index (χ0v) is 10.2. The Bertz CT molecular complexity index is 546. The van der Waals surface area contributed by atoms with E-state index in [-0.39, 0.29) is 5.91 Å². The van der Waals surface area contributed by atoms with Gasteiger partial charge in [-0.3, -0.25) is 4.79 Å². The summed E-state index contributed by atoms with van der Waals surface area (Å²) >= 11 is 5.81. The van der Waals surface area contributed by atoms with Gasteiger partial charge in [0.2, 0.25) is 0 Å². The van der Waals surface area contributed by atoms with Gasteiger partial charge in [0, 0.05) is 17.6 Å². The van der Waals surface area contributed by atoms with Crippen molar-refractivity contribution in [3.05, 3.63) is 40.6 Å². The van der Waals surface area contributed by atoms with Gasteiger partial charge in [0.05, 0.1) is 0 Å². The number of nitrogens with one attached hydrogen (secondary N) is 1. The summed E-state index contributed by atoms with van der Waals surface area (Å²) < 4.78 is 5.06. The van der Waals surface area contributed by atoms with Gasteiger partial charge in [-0.05, 0) is 19.1 Å². The number of halogens is 1. The molecular weight excluding hydrogens is 240 g/mol. The molecule has 5 heteroatoms. The summed E-state index contributed by atoms with van der Waals surface area (Å²) in [5.41, 5.74) is 1.78. The number of amides is 1. The Kier molecular flexibility index (Phi) is 3.15. The van der Waals surface area contributed by atoms with Crippen LogP contribution in [0.4, 0.5) is 0 Å². The Morgan fingerprint density at radius 1 is 1.35 bits per heavy atom. The minimum Gasteiger partial charge on any atom is -0.360 e. The predicted molar refractivity (Wildman–Crippen MR) is 65.1 cm³/mol. The molecule has 2 rings (SSSR count). The van der Waals surface area contributed by atoms with Crippen molar-refractivity contribution in [2.75, 3.05) is 7.05 Å². The quantitative estimate of drug-likeness (QED) is 0.892. The lowest BCUT2D eigenvalue weighted by molar-refractivity contribution is 0.0962. The van der Waals surface area contributed by atoms with Crippen molar-refractivity contribution in [2.45, 2.75) is 6.92 Å². The fourth-order valence-electron chi connectivity index (χ4n) is 1.57. The van der Waals surface area contributed by atoms with Crippen LogP contribution in [-0.2, 0) is 0 Å². The molecule has 4 nitrogen and oxygen atoms in total. The number of rotatable bonds is 2. The van der Waals surface area contributed by atoms with Crippen LogP contribution >= 0.6 is 11.6 Å². The summed E-state index contributed by atoms with van der Waals surface area (Å²) in [6, 6.07) is 7.08. The molecule has 0 aliphatic heterocycles. The maximum atomic E-state index is 11.7. The molecule has 0 aliphatic carbocycles.